The van der Waals surface area contributed by atoms with E-state index in [0.29, 0.717) is 6.10 Å². The third kappa shape index (κ3) is 1.10. The molecule has 3 rings (SSSR count). The molecule has 1 heterocycles. The maximum absolute atomic E-state index is 6.40. The Bertz CT molecular complexity index is 251. The summed E-state index contributed by atoms with van der Waals surface area (Å²) in [5.74, 6) is 2.96. The van der Waals surface area contributed by atoms with E-state index in [9.17, 15) is 0 Å². The first-order valence-corrected chi connectivity index (χ1v) is 9.26. The van der Waals surface area contributed by atoms with Crippen LogP contribution in [0.2, 0.25) is 18.6 Å². The average Bonchev–Trinajstić information content (AvgIpc) is 2.54. The summed E-state index contributed by atoms with van der Waals surface area (Å²) < 4.78 is 6.40. The summed E-state index contributed by atoms with van der Waals surface area (Å²) in [6.45, 7) is 7.38. The van der Waals surface area contributed by atoms with E-state index in [1.54, 1.807) is 0 Å². The van der Waals surface area contributed by atoms with Gasteiger partial charge in [0.25, 0.3) is 0 Å². The minimum absolute atomic E-state index is 0.672. The Balaban J connectivity index is 1.96. The lowest BCUT2D eigenvalue weighted by Gasteiger charge is -2.30. The molecule has 0 spiro atoms. The second-order valence-electron chi connectivity index (χ2n) is 6.27. The standard InChI is InChI=1S/C12H22OSi/c1-8-7-9-5-4-6-10-11(9)12(8)14(2,3)13-10/h8-12H,4-7H2,1-3H3/t8-,9+,10-,11+,12+/m1/s1. The molecule has 0 bridgehead atoms. The Morgan fingerprint density at radius 1 is 1.21 bits per heavy atom. The van der Waals surface area contributed by atoms with E-state index >= 15 is 0 Å². The molecule has 1 saturated heterocycles. The minimum atomic E-state index is -1.32. The number of rotatable bonds is 0. The van der Waals surface area contributed by atoms with Gasteiger partial charge in [0.15, 0.2) is 8.32 Å². The SMILES string of the molecule is C[C@@H]1C[C@@H]2CCC[C@H]3O[Si](C)(C)[C@@H]1[C@@H]23. The van der Waals surface area contributed by atoms with Gasteiger partial charge in [0.2, 0.25) is 0 Å². The number of hydrogen-bond donors (Lipinski definition) is 0. The van der Waals surface area contributed by atoms with E-state index in [1.807, 2.05) is 0 Å². The minimum Gasteiger partial charge on any atom is -0.414 e. The molecule has 14 heavy (non-hydrogen) atoms. The molecule has 1 nitrogen and oxygen atoms in total. The largest absolute Gasteiger partial charge is 0.414 e. The molecule has 3 fully saturated rings. The van der Waals surface area contributed by atoms with Gasteiger partial charge >= 0.3 is 0 Å². The zero-order valence-electron chi connectivity index (χ0n) is 9.62. The fraction of sp³-hybridized carbons (Fsp3) is 1.00. The van der Waals surface area contributed by atoms with Crippen molar-refractivity contribution in [2.75, 3.05) is 0 Å². The quantitative estimate of drug-likeness (QED) is 0.557. The first kappa shape index (κ1) is 9.41. The third-order valence-electron chi connectivity index (χ3n) is 5.00. The van der Waals surface area contributed by atoms with Crippen LogP contribution in [0.4, 0.5) is 0 Å². The lowest BCUT2D eigenvalue weighted by atomic mass is 9.79. The van der Waals surface area contributed by atoms with Crippen molar-refractivity contribution in [2.45, 2.75) is 57.3 Å². The summed E-state index contributed by atoms with van der Waals surface area (Å²) in [4.78, 5) is 0. The summed E-state index contributed by atoms with van der Waals surface area (Å²) in [7, 11) is -1.32. The molecule has 5 atom stereocenters. The van der Waals surface area contributed by atoms with Crippen molar-refractivity contribution in [3.05, 3.63) is 0 Å². The Morgan fingerprint density at radius 3 is 2.79 bits per heavy atom. The fourth-order valence-electron chi connectivity index (χ4n) is 4.83. The Morgan fingerprint density at radius 2 is 2.00 bits per heavy atom. The van der Waals surface area contributed by atoms with Gasteiger partial charge in [-0.1, -0.05) is 13.3 Å². The normalized spacial score (nSPS) is 54.6. The smallest absolute Gasteiger partial charge is 0.190 e. The summed E-state index contributed by atoms with van der Waals surface area (Å²) in [5.41, 5.74) is 0.984. The zero-order chi connectivity index (χ0) is 9.92. The van der Waals surface area contributed by atoms with Crippen molar-refractivity contribution in [3.8, 4) is 0 Å². The molecule has 80 valence electrons. The molecule has 3 aliphatic rings. The summed E-state index contributed by atoms with van der Waals surface area (Å²) in [6, 6.07) is 0. The molecule has 1 aliphatic heterocycles. The van der Waals surface area contributed by atoms with Gasteiger partial charge in [0, 0.05) is 6.10 Å². The molecule has 2 saturated carbocycles. The van der Waals surface area contributed by atoms with Gasteiger partial charge in [-0.25, -0.2) is 0 Å². The Hall–Kier alpha value is 0.177. The molecule has 0 unspecified atom stereocenters. The first-order valence-electron chi connectivity index (χ1n) is 6.27. The third-order valence-corrected chi connectivity index (χ3v) is 8.47. The van der Waals surface area contributed by atoms with Gasteiger partial charge in [0.05, 0.1) is 0 Å². The predicted octanol–water partition coefficient (Wildman–Crippen LogP) is 3.42. The van der Waals surface area contributed by atoms with Crippen molar-refractivity contribution in [1.82, 2.24) is 0 Å². The van der Waals surface area contributed by atoms with Gasteiger partial charge < -0.3 is 4.43 Å². The van der Waals surface area contributed by atoms with Crippen molar-refractivity contribution in [2.24, 2.45) is 17.8 Å². The van der Waals surface area contributed by atoms with Gasteiger partial charge in [-0.05, 0) is 55.7 Å². The molecule has 0 radical (unpaired) electrons. The van der Waals surface area contributed by atoms with Gasteiger partial charge in [-0.3, -0.25) is 0 Å². The highest BCUT2D eigenvalue weighted by atomic mass is 28.4. The lowest BCUT2D eigenvalue weighted by Crippen LogP contribution is -2.33. The lowest BCUT2D eigenvalue weighted by molar-refractivity contribution is 0.1000. The highest BCUT2D eigenvalue weighted by Gasteiger charge is 2.59. The van der Waals surface area contributed by atoms with E-state index in [2.05, 4.69) is 20.0 Å². The van der Waals surface area contributed by atoms with Crippen LogP contribution in [-0.4, -0.2) is 14.4 Å². The van der Waals surface area contributed by atoms with Crippen LogP contribution >= 0.6 is 0 Å². The van der Waals surface area contributed by atoms with Crippen LogP contribution in [0.1, 0.15) is 32.6 Å². The maximum atomic E-state index is 6.40. The van der Waals surface area contributed by atoms with Gasteiger partial charge in [-0.2, -0.15) is 0 Å². The second-order valence-corrected chi connectivity index (χ2v) is 10.4. The van der Waals surface area contributed by atoms with Crippen molar-refractivity contribution in [3.63, 3.8) is 0 Å². The van der Waals surface area contributed by atoms with Crippen LogP contribution in [-0.2, 0) is 4.43 Å². The average molecular weight is 210 g/mol. The molecule has 2 heteroatoms. The van der Waals surface area contributed by atoms with Crippen LogP contribution in [0.25, 0.3) is 0 Å². The van der Waals surface area contributed by atoms with Crippen molar-refractivity contribution in [1.29, 1.82) is 0 Å². The molecule has 0 aromatic heterocycles. The summed E-state index contributed by atoms with van der Waals surface area (Å²) in [5, 5.41) is 0. The Labute approximate surface area is 88.4 Å². The monoisotopic (exact) mass is 210 g/mol. The van der Waals surface area contributed by atoms with E-state index in [0.717, 1.165) is 23.3 Å². The van der Waals surface area contributed by atoms with E-state index in [-0.39, 0.29) is 0 Å². The molecule has 2 aliphatic carbocycles. The molecular formula is C12H22OSi. The van der Waals surface area contributed by atoms with Crippen LogP contribution in [0.5, 0.6) is 0 Å². The maximum Gasteiger partial charge on any atom is 0.190 e. The van der Waals surface area contributed by atoms with Crippen LogP contribution in [0.15, 0.2) is 0 Å². The second kappa shape index (κ2) is 2.85. The van der Waals surface area contributed by atoms with E-state index < -0.39 is 8.32 Å². The van der Waals surface area contributed by atoms with Gasteiger partial charge in [-0.15, -0.1) is 0 Å². The highest BCUT2D eigenvalue weighted by Crippen LogP contribution is 2.61. The molecule has 0 amide bonds. The van der Waals surface area contributed by atoms with E-state index in [1.165, 1.54) is 25.7 Å². The van der Waals surface area contributed by atoms with Crippen molar-refractivity contribution >= 4 is 8.32 Å². The molecule has 0 N–H and O–H groups in total. The number of hydrogen-bond acceptors (Lipinski definition) is 1. The molecule has 0 aromatic carbocycles. The topological polar surface area (TPSA) is 9.23 Å². The molecular weight excluding hydrogens is 188 g/mol. The summed E-state index contributed by atoms with van der Waals surface area (Å²) in [6.07, 6.45) is 6.46. The van der Waals surface area contributed by atoms with Gasteiger partial charge in [0.1, 0.15) is 0 Å². The van der Waals surface area contributed by atoms with E-state index in [4.69, 9.17) is 4.43 Å². The fourth-order valence-corrected chi connectivity index (χ4v) is 8.96. The predicted molar refractivity (Wildman–Crippen MR) is 60.7 cm³/mol. The Kier molecular flexibility index (Phi) is 1.92. The highest BCUT2D eigenvalue weighted by molar-refractivity contribution is 6.73. The van der Waals surface area contributed by atoms with Crippen LogP contribution in [0, 0.1) is 17.8 Å². The van der Waals surface area contributed by atoms with Crippen LogP contribution in [0.3, 0.4) is 0 Å². The van der Waals surface area contributed by atoms with Crippen molar-refractivity contribution < 1.29 is 4.43 Å². The first-order chi connectivity index (χ1) is 6.59. The molecule has 0 aromatic rings. The summed E-state index contributed by atoms with van der Waals surface area (Å²) >= 11 is 0. The van der Waals surface area contributed by atoms with Crippen LogP contribution < -0.4 is 0 Å². The zero-order valence-corrected chi connectivity index (χ0v) is 10.6.